The van der Waals surface area contributed by atoms with Crippen LogP contribution in [0, 0.1) is 17.5 Å². The van der Waals surface area contributed by atoms with E-state index in [1.54, 1.807) is 12.1 Å². The summed E-state index contributed by atoms with van der Waals surface area (Å²) in [7, 11) is 0. The summed E-state index contributed by atoms with van der Waals surface area (Å²) >= 11 is 0. The molecule has 0 radical (unpaired) electrons. The van der Waals surface area contributed by atoms with Crippen molar-refractivity contribution in [3.05, 3.63) is 522 Å². The molecule has 0 heterocycles. The topological polar surface area (TPSA) is 24.9 Å². The molecule has 2 aliphatic carbocycles. The molecule has 0 aromatic heterocycles. The van der Waals surface area contributed by atoms with E-state index >= 15 is 4.39 Å². The largest absolute Gasteiger partial charge is 0.457 e. The number of anilines is 6. The number of allylic oxidation sites excluding steroid dienone is 1. The van der Waals surface area contributed by atoms with Crippen molar-refractivity contribution < 1.29 is 22.6 Å². The van der Waals surface area contributed by atoms with E-state index in [1.165, 1.54) is 85.0 Å². The lowest BCUT2D eigenvalue weighted by molar-refractivity contribution is 0.482. The molecule has 7 heteroatoms. The summed E-state index contributed by atoms with van der Waals surface area (Å²) in [4.78, 5) is 4.48. The number of hydrogen-bond donors (Lipinski definition) is 0. The summed E-state index contributed by atoms with van der Waals surface area (Å²) in [5.41, 5.74) is 33.0. The highest BCUT2D eigenvalue weighted by Crippen LogP contribution is 2.60. The molecule has 0 saturated carbocycles. The Bertz CT molecular complexity index is 7400. The number of rotatable bonds is 22. The van der Waals surface area contributed by atoms with Crippen LogP contribution in [-0.2, 0) is 21.7 Å². The zero-order chi connectivity index (χ0) is 90.7. The molecule has 2 unspecified atom stereocenters. The maximum atomic E-state index is 16.1. The first kappa shape index (κ1) is 84.3. The van der Waals surface area contributed by atoms with Crippen LogP contribution in [0.4, 0.5) is 47.3 Å². The molecule has 20 rings (SSSR count). The van der Waals surface area contributed by atoms with Gasteiger partial charge in [0.25, 0.3) is 0 Å². The minimum atomic E-state index is -0.903. The van der Waals surface area contributed by atoms with Crippen molar-refractivity contribution >= 4 is 51.8 Å². The van der Waals surface area contributed by atoms with Gasteiger partial charge in [-0.15, -0.1) is 0 Å². The van der Waals surface area contributed by atoms with Crippen molar-refractivity contribution in [1.82, 2.24) is 0 Å². The second-order valence-corrected chi connectivity index (χ2v) is 36.6. The molecular formula is C125H97F3N2O2. The summed E-state index contributed by atoms with van der Waals surface area (Å²) in [6.07, 6.45) is 3.66. The Hall–Kier alpha value is -15.8. The van der Waals surface area contributed by atoms with Crippen molar-refractivity contribution in [2.75, 3.05) is 9.80 Å². The molecule has 2 aliphatic rings. The lowest BCUT2D eigenvalue weighted by Crippen LogP contribution is -2.29. The van der Waals surface area contributed by atoms with Gasteiger partial charge in [-0.25, -0.2) is 13.2 Å². The van der Waals surface area contributed by atoms with Crippen LogP contribution in [0.2, 0.25) is 0 Å². The van der Waals surface area contributed by atoms with Crippen LogP contribution in [0.1, 0.15) is 121 Å². The van der Waals surface area contributed by atoms with Gasteiger partial charge in [-0.2, -0.15) is 0 Å². The van der Waals surface area contributed by atoms with Gasteiger partial charge in [0, 0.05) is 39.7 Å². The standard InChI is InChI=1S/C125H97F3N2O2/c1-11-82-24-67-105(68-25-82)131-107-71-51-97(52-72-107)124(95-47-43-93(44-48-95)122(5,6)7)114-21-15-13-18-110(114)112-75-40-90(78-116(112)124)86-32-59-101(60-33-86)129(103-63-36-88(37-64-103)92-42-77-118(126)120(128)80-92)99-55-28-84(29-56-99)85-30-57-100(58-31-85)130(104-65-38-89(39-66-104)121-109(81(3)4)20-17-23-119(121)127)102-61-34-87(35-62-102)91-41-76-113-111-19-14-16-22-115(111)125(117(113)79-91,96-49-45-94(46-50-96)123(8,9)10)98-53-73-108(74-54-98)132-106-69-26-83(12-2)27-70-106/h11-80H,1-3H2,4-10H3. The highest BCUT2D eigenvalue weighted by atomic mass is 19.2. The molecule has 0 bridgehead atoms. The van der Waals surface area contributed by atoms with E-state index in [4.69, 9.17) is 9.47 Å². The average molecular weight is 1720 g/mol. The molecule has 640 valence electrons. The van der Waals surface area contributed by atoms with Gasteiger partial charge < -0.3 is 19.3 Å². The molecule has 0 amide bonds. The first-order valence-corrected chi connectivity index (χ1v) is 44.9. The fraction of sp³-hybridized carbons (Fsp3) is 0.0880. The second-order valence-electron chi connectivity index (χ2n) is 36.6. The van der Waals surface area contributed by atoms with Crippen LogP contribution in [0.5, 0.6) is 23.0 Å². The number of hydrogen-bond acceptors (Lipinski definition) is 4. The predicted molar refractivity (Wildman–Crippen MR) is 543 cm³/mol. The van der Waals surface area contributed by atoms with Crippen molar-refractivity contribution in [3.63, 3.8) is 0 Å². The van der Waals surface area contributed by atoms with Crippen molar-refractivity contribution in [2.24, 2.45) is 0 Å². The fourth-order valence-electron chi connectivity index (χ4n) is 19.6. The third kappa shape index (κ3) is 15.5. The molecule has 0 aliphatic heterocycles. The van der Waals surface area contributed by atoms with Crippen LogP contribution < -0.4 is 19.3 Å². The zero-order valence-corrected chi connectivity index (χ0v) is 74.9. The normalized spacial score (nSPS) is 14.1. The first-order chi connectivity index (χ1) is 64.1. The van der Waals surface area contributed by atoms with Crippen LogP contribution in [0.3, 0.4) is 0 Å². The third-order valence-electron chi connectivity index (χ3n) is 26.5. The van der Waals surface area contributed by atoms with Gasteiger partial charge in [-0.3, -0.25) is 0 Å². The van der Waals surface area contributed by atoms with E-state index in [2.05, 4.69) is 362 Å². The molecule has 18 aromatic carbocycles. The molecule has 132 heavy (non-hydrogen) atoms. The van der Waals surface area contributed by atoms with E-state index in [-0.39, 0.29) is 16.6 Å². The fourth-order valence-corrected chi connectivity index (χ4v) is 19.6. The van der Waals surface area contributed by atoms with E-state index < -0.39 is 22.5 Å². The van der Waals surface area contributed by atoms with Gasteiger partial charge in [0.05, 0.1) is 10.8 Å². The highest BCUT2D eigenvalue weighted by molar-refractivity contribution is 5.93. The Morgan fingerprint density at radius 2 is 0.561 bits per heavy atom. The Balaban J connectivity index is 0.641. The lowest BCUT2D eigenvalue weighted by Gasteiger charge is -2.34. The molecule has 0 N–H and O–H groups in total. The van der Waals surface area contributed by atoms with Crippen molar-refractivity contribution in [2.45, 2.75) is 70.1 Å². The van der Waals surface area contributed by atoms with E-state index in [0.717, 1.165) is 135 Å². The van der Waals surface area contributed by atoms with E-state index in [9.17, 15) is 8.78 Å². The van der Waals surface area contributed by atoms with Crippen molar-refractivity contribution in [1.29, 1.82) is 0 Å². The number of nitrogens with zero attached hydrogens (tertiary/aromatic N) is 2. The van der Waals surface area contributed by atoms with Gasteiger partial charge >= 0.3 is 0 Å². The Morgan fingerprint density at radius 1 is 0.273 bits per heavy atom. The Kier molecular flexibility index (Phi) is 21.9. The first-order valence-electron chi connectivity index (χ1n) is 44.9. The molecule has 2 atom stereocenters. The smallest absolute Gasteiger partial charge is 0.159 e. The molecule has 0 spiro atoms. The highest BCUT2D eigenvalue weighted by Gasteiger charge is 2.48. The molecule has 0 fully saturated rings. The minimum absolute atomic E-state index is 0.0517. The van der Waals surface area contributed by atoms with Gasteiger partial charge in [0.1, 0.15) is 28.8 Å². The SMILES string of the molecule is C=Cc1ccc(Oc2ccc(C3(c4ccc(C(C)(C)C)cc4)c4ccccc4-c4ccc(-c5ccc(N(c6ccc(-c7ccc(N(c8ccc(-c9ccc%10c(c9)C(c9ccc(Oc%11ccc(C=C)cc%11)cc9)(c9ccc(C(C)(C)C)cc9)c9ccccc9-%10)cc8)c8ccc(-c9c(F)cccc9C(=C)C)cc8)cc7)cc6)c6ccc(-c7ccc(F)c(F)c7)cc6)cc5)cc43)cc2)cc1. The molecule has 0 saturated heterocycles. The van der Waals surface area contributed by atoms with E-state index in [0.29, 0.717) is 11.1 Å². The summed E-state index contributed by atoms with van der Waals surface area (Å²) in [6, 6.07) is 143. The van der Waals surface area contributed by atoms with Gasteiger partial charge in [-0.05, 0) is 314 Å². The summed E-state index contributed by atoms with van der Waals surface area (Å²) in [6.45, 7) is 27.6. The lowest BCUT2D eigenvalue weighted by atomic mass is 9.67. The molecular weight excluding hydrogens is 1620 g/mol. The van der Waals surface area contributed by atoms with E-state index in [1.807, 2.05) is 110 Å². The Labute approximate surface area is 772 Å². The number of halogens is 3. The minimum Gasteiger partial charge on any atom is -0.457 e. The predicted octanol–water partition coefficient (Wildman–Crippen LogP) is 34.6. The number of benzene rings is 18. The second kappa shape index (κ2) is 34.3. The molecule has 4 nitrogen and oxygen atoms in total. The van der Waals surface area contributed by atoms with Gasteiger partial charge in [0.15, 0.2) is 11.6 Å². The third-order valence-corrected chi connectivity index (χ3v) is 26.5. The van der Waals surface area contributed by atoms with Crippen LogP contribution in [-0.4, -0.2) is 0 Å². The maximum Gasteiger partial charge on any atom is 0.159 e. The maximum absolute atomic E-state index is 16.1. The summed E-state index contributed by atoms with van der Waals surface area (Å²) in [5, 5.41) is 0. The van der Waals surface area contributed by atoms with Crippen molar-refractivity contribution in [3.8, 4) is 101 Å². The Morgan fingerprint density at radius 3 is 0.886 bits per heavy atom. The monoisotopic (exact) mass is 1710 g/mol. The van der Waals surface area contributed by atoms with Crippen LogP contribution in [0.15, 0.2) is 432 Å². The number of ether oxygens (including phenoxy) is 2. The summed E-state index contributed by atoms with van der Waals surface area (Å²) < 4.78 is 58.3. The zero-order valence-electron chi connectivity index (χ0n) is 74.9. The average Bonchev–Trinajstić information content (AvgIpc) is 1.54. The summed E-state index contributed by atoms with van der Waals surface area (Å²) in [5.74, 6) is 0.875. The van der Waals surface area contributed by atoms with Gasteiger partial charge in [0.2, 0.25) is 0 Å². The number of fused-ring (bicyclic) bond motifs is 6. The van der Waals surface area contributed by atoms with Crippen LogP contribution >= 0.6 is 0 Å². The quantitative estimate of drug-likeness (QED) is 0.0675. The van der Waals surface area contributed by atoms with Gasteiger partial charge in [-0.1, -0.05) is 340 Å². The molecule has 18 aromatic rings. The van der Waals surface area contributed by atoms with Crippen LogP contribution in [0.25, 0.3) is 95.6 Å².